The van der Waals surface area contributed by atoms with Crippen molar-refractivity contribution >= 4 is 23.3 Å². The molecule has 2 atom stereocenters. The van der Waals surface area contributed by atoms with E-state index in [4.69, 9.17) is 10.4 Å². The second kappa shape index (κ2) is 10.3. The van der Waals surface area contributed by atoms with Gasteiger partial charge in [0, 0.05) is 43.2 Å². The minimum atomic E-state index is -0.297. The molecule has 0 spiro atoms. The van der Waals surface area contributed by atoms with E-state index < -0.39 is 0 Å². The first kappa shape index (κ1) is 23.9. The third kappa shape index (κ3) is 5.13. The molecule has 35 heavy (non-hydrogen) atoms. The minimum Gasteiger partial charge on any atom is -0.395 e. The maximum atomic E-state index is 12.4. The Kier molecular flexibility index (Phi) is 7.03. The van der Waals surface area contributed by atoms with Crippen LogP contribution in [-0.4, -0.2) is 46.1 Å². The lowest BCUT2D eigenvalue weighted by molar-refractivity contribution is -0.117. The van der Waals surface area contributed by atoms with Crippen molar-refractivity contribution in [2.75, 3.05) is 23.4 Å². The summed E-state index contributed by atoms with van der Waals surface area (Å²) < 4.78 is 0. The molecule has 0 radical (unpaired) electrons. The van der Waals surface area contributed by atoms with E-state index in [-0.39, 0.29) is 37.0 Å². The van der Waals surface area contributed by atoms with Crippen LogP contribution in [0.4, 0.5) is 11.5 Å². The molecule has 0 bridgehead atoms. The van der Waals surface area contributed by atoms with Crippen molar-refractivity contribution in [3.05, 3.63) is 71.5 Å². The summed E-state index contributed by atoms with van der Waals surface area (Å²) in [7, 11) is 0. The SMILES string of the molecule is CC(=O)N1c2ccc(-c3ccc(C(=O)NCCO)cn3)cc2[C@H](Nc2ccc(C#N)cn2)C[C@@H]1C. The van der Waals surface area contributed by atoms with Gasteiger partial charge in [-0.15, -0.1) is 0 Å². The molecule has 1 aliphatic rings. The summed E-state index contributed by atoms with van der Waals surface area (Å²) in [6.45, 7) is 3.63. The van der Waals surface area contributed by atoms with Crippen LogP contribution in [0.2, 0.25) is 0 Å². The van der Waals surface area contributed by atoms with Gasteiger partial charge < -0.3 is 20.6 Å². The Morgan fingerprint density at radius 1 is 1.17 bits per heavy atom. The highest BCUT2D eigenvalue weighted by atomic mass is 16.3. The third-order valence-electron chi connectivity index (χ3n) is 5.95. The Balaban J connectivity index is 1.67. The number of rotatable bonds is 6. The first-order chi connectivity index (χ1) is 16.9. The van der Waals surface area contributed by atoms with Crippen LogP contribution in [0, 0.1) is 11.3 Å². The van der Waals surface area contributed by atoms with Gasteiger partial charge in [0.15, 0.2) is 0 Å². The lowest BCUT2D eigenvalue weighted by Gasteiger charge is -2.39. The zero-order chi connectivity index (χ0) is 24.9. The molecule has 4 rings (SSSR count). The summed E-state index contributed by atoms with van der Waals surface area (Å²) in [5.74, 6) is 0.317. The molecule has 0 saturated carbocycles. The average Bonchev–Trinajstić information content (AvgIpc) is 2.87. The quantitative estimate of drug-likeness (QED) is 0.505. The van der Waals surface area contributed by atoms with Gasteiger partial charge in [-0.3, -0.25) is 14.6 Å². The molecule has 0 unspecified atom stereocenters. The van der Waals surface area contributed by atoms with Gasteiger partial charge in [0.25, 0.3) is 5.91 Å². The maximum absolute atomic E-state index is 12.4. The standard InChI is InChI=1S/C26H26N6O3/c1-16-11-23(31-25-8-3-18(13-27)14-30-25)21-12-19(5-7-24(21)32(16)17(2)34)22-6-4-20(15-29-22)26(35)28-9-10-33/h3-8,12,14-16,23,33H,9-11H2,1-2H3,(H,28,35)(H,30,31)/t16-,23+/m0/s1. The van der Waals surface area contributed by atoms with E-state index >= 15 is 0 Å². The van der Waals surface area contributed by atoms with Crippen LogP contribution in [0.25, 0.3) is 11.3 Å². The third-order valence-corrected chi connectivity index (χ3v) is 5.95. The first-order valence-corrected chi connectivity index (χ1v) is 11.3. The molecular formula is C26H26N6O3. The topological polar surface area (TPSA) is 131 Å². The predicted molar refractivity (Wildman–Crippen MR) is 132 cm³/mol. The summed E-state index contributed by atoms with van der Waals surface area (Å²) in [6.07, 6.45) is 3.70. The van der Waals surface area contributed by atoms with Crippen LogP contribution in [0.5, 0.6) is 0 Å². The lowest BCUT2D eigenvalue weighted by Crippen LogP contribution is -2.43. The number of carbonyl (C=O) groups excluding carboxylic acids is 2. The van der Waals surface area contributed by atoms with Gasteiger partial charge in [0.05, 0.1) is 29.5 Å². The Morgan fingerprint density at radius 3 is 2.63 bits per heavy atom. The van der Waals surface area contributed by atoms with E-state index in [1.165, 1.54) is 12.4 Å². The lowest BCUT2D eigenvalue weighted by atomic mass is 9.89. The summed E-state index contributed by atoms with van der Waals surface area (Å²) in [5.41, 5.74) is 4.19. The molecule has 1 aliphatic heterocycles. The highest BCUT2D eigenvalue weighted by Gasteiger charge is 2.33. The summed E-state index contributed by atoms with van der Waals surface area (Å²) in [5, 5.41) is 24.0. The molecule has 0 aliphatic carbocycles. The minimum absolute atomic E-state index is 0.0171. The fourth-order valence-corrected chi connectivity index (χ4v) is 4.33. The predicted octanol–water partition coefficient (Wildman–Crippen LogP) is 3.04. The Labute approximate surface area is 203 Å². The molecule has 0 saturated heterocycles. The van der Waals surface area contributed by atoms with Crippen molar-refractivity contribution < 1.29 is 14.7 Å². The number of hydrogen-bond acceptors (Lipinski definition) is 7. The van der Waals surface area contributed by atoms with Crippen molar-refractivity contribution in [3.63, 3.8) is 0 Å². The van der Waals surface area contributed by atoms with Crippen molar-refractivity contribution in [1.82, 2.24) is 15.3 Å². The summed E-state index contributed by atoms with van der Waals surface area (Å²) in [4.78, 5) is 35.1. The fraction of sp³-hybridized carbons (Fsp3) is 0.269. The van der Waals surface area contributed by atoms with Crippen molar-refractivity contribution in [1.29, 1.82) is 5.26 Å². The number of aliphatic hydroxyl groups excluding tert-OH is 1. The number of anilines is 2. The number of nitrogens with one attached hydrogen (secondary N) is 2. The normalized spacial score (nSPS) is 16.7. The Bertz CT molecular complexity index is 1270. The van der Waals surface area contributed by atoms with Crippen molar-refractivity contribution in [2.45, 2.75) is 32.4 Å². The first-order valence-electron chi connectivity index (χ1n) is 11.3. The van der Waals surface area contributed by atoms with E-state index in [2.05, 4.69) is 26.7 Å². The zero-order valence-electron chi connectivity index (χ0n) is 19.5. The van der Waals surface area contributed by atoms with Gasteiger partial charge >= 0.3 is 0 Å². The molecule has 3 aromatic rings. The second-order valence-corrected chi connectivity index (χ2v) is 8.40. The maximum Gasteiger partial charge on any atom is 0.252 e. The van der Waals surface area contributed by atoms with Gasteiger partial charge in [-0.25, -0.2) is 4.98 Å². The van der Waals surface area contributed by atoms with Crippen LogP contribution in [0.3, 0.4) is 0 Å². The molecule has 2 aromatic heterocycles. The van der Waals surface area contributed by atoms with E-state index in [9.17, 15) is 9.59 Å². The van der Waals surface area contributed by atoms with E-state index in [0.717, 1.165) is 16.8 Å². The summed E-state index contributed by atoms with van der Waals surface area (Å²) >= 11 is 0. The van der Waals surface area contributed by atoms with Gasteiger partial charge in [-0.05, 0) is 55.3 Å². The molecule has 3 N–H and O–H groups in total. The molecule has 2 amide bonds. The number of carbonyl (C=O) groups is 2. The van der Waals surface area contributed by atoms with Gasteiger partial charge in [-0.2, -0.15) is 5.26 Å². The number of amides is 2. The molecule has 1 aromatic carbocycles. The number of pyridine rings is 2. The molecule has 178 valence electrons. The second-order valence-electron chi connectivity index (χ2n) is 8.40. The van der Waals surface area contributed by atoms with E-state index in [1.54, 1.807) is 36.1 Å². The monoisotopic (exact) mass is 470 g/mol. The highest BCUT2D eigenvalue weighted by molar-refractivity contribution is 5.95. The van der Waals surface area contributed by atoms with Crippen LogP contribution >= 0.6 is 0 Å². The molecular weight excluding hydrogens is 444 g/mol. The molecule has 9 nitrogen and oxygen atoms in total. The number of nitrogens with zero attached hydrogens (tertiary/aromatic N) is 4. The number of fused-ring (bicyclic) bond motifs is 1. The van der Waals surface area contributed by atoms with Crippen LogP contribution in [-0.2, 0) is 4.79 Å². The number of nitriles is 1. The Morgan fingerprint density at radius 2 is 2.00 bits per heavy atom. The molecule has 3 heterocycles. The smallest absolute Gasteiger partial charge is 0.252 e. The van der Waals surface area contributed by atoms with E-state index in [1.807, 2.05) is 25.1 Å². The van der Waals surface area contributed by atoms with Crippen LogP contribution < -0.4 is 15.5 Å². The zero-order valence-corrected chi connectivity index (χ0v) is 19.5. The molecule has 9 heteroatoms. The number of benzene rings is 1. The fourth-order valence-electron chi connectivity index (χ4n) is 4.33. The highest BCUT2D eigenvalue weighted by Crippen LogP contribution is 2.40. The molecule has 0 fully saturated rings. The van der Waals surface area contributed by atoms with E-state index in [0.29, 0.717) is 29.1 Å². The largest absolute Gasteiger partial charge is 0.395 e. The van der Waals surface area contributed by atoms with Gasteiger partial charge in [-0.1, -0.05) is 6.07 Å². The Hall–Kier alpha value is -4.29. The summed E-state index contributed by atoms with van der Waals surface area (Å²) in [6, 6.07) is 14.7. The van der Waals surface area contributed by atoms with Crippen LogP contribution in [0.1, 0.15) is 47.8 Å². The van der Waals surface area contributed by atoms with Gasteiger partial charge in [0.2, 0.25) is 5.91 Å². The average molecular weight is 471 g/mol. The van der Waals surface area contributed by atoms with Crippen molar-refractivity contribution in [3.8, 4) is 17.3 Å². The van der Waals surface area contributed by atoms with Gasteiger partial charge in [0.1, 0.15) is 11.9 Å². The number of hydrogen-bond donors (Lipinski definition) is 3. The van der Waals surface area contributed by atoms with Crippen molar-refractivity contribution in [2.24, 2.45) is 0 Å². The van der Waals surface area contributed by atoms with Crippen LogP contribution in [0.15, 0.2) is 54.9 Å². The number of aliphatic hydroxyl groups is 1. The number of aromatic nitrogens is 2.